The number of likely N-dealkylation sites (tertiary alicyclic amines) is 1. The second-order valence-electron chi connectivity index (χ2n) is 5.20. The fourth-order valence-electron chi connectivity index (χ4n) is 2.56. The van der Waals surface area contributed by atoms with Crippen LogP contribution in [0.3, 0.4) is 0 Å². The van der Waals surface area contributed by atoms with Gasteiger partial charge in [0.1, 0.15) is 11.6 Å². The molecule has 1 saturated heterocycles. The average molecular weight is 298 g/mol. The number of benzene rings is 1. The zero-order valence-electron chi connectivity index (χ0n) is 11.3. The highest BCUT2D eigenvalue weighted by Crippen LogP contribution is 2.25. The number of carbonyl (C=O) groups excluding carboxylic acids is 1. The smallest absolute Gasteiger partial charge is 0.407 e. The largest absolute Gasteiger partial charge is 0.465 e. The quantitative estimate of drug-likeness (QED) is 0.895. The van der Waals surface area contributed by atoms with Crippen molar-refractivity contribution in [2.75, 3.05) is 13.1 Å². The van der Waals surface area contributed by atoms with Crippen molar-refractivity contribution in [2.24, 2.45) is 11.7 Å². The van der Waals surface area contributed by atoms with Gasteiger partial charge in [-0.05, 0) is 37.3 Å². The molecule has 0 radical (unpaired) electrons. The van der Waals surface area contributed by atoms with Crippen molar-refractivity contribution in [3.8, 4) is 0 Å². The van der Waals surface area contributed by atoms with E-state index < -0.39 is 23.6 Å². The normalized spacial score (nSPS) is 16.0. The van der Waals surface area contributed by atoms with Gasteiger partial charge in [0, 0.05) is 24.2 Å². The van der Waals surface area contributed by atoms with Gasteiger partial charge in [-0.2, -0.15) is 0 Å². The highest BCUT2D eigenvalue weighted by atomic mass is 19.1. The van der Waals surface area contributed by atoms with Crippen LogP contribution >= 0.6 is 0 Å². The number of amides is 2. The number of nitrogens with two attached hydrogens (primary N) is 1. The van der Waals surface area contributed by atoms with Gasteiger partial charge in [0.2, 0.25) is 5.91 Å². The molecule has 1 aliphatic heterocycles. The summed E-state index contributed by atoms with van der Waals surface area (Å²) >= 11 is 0. The Bertz CT molecular complexity index is 546. The first-order valence-electron chi connectivity index (χ1n) is 6.64. The summed E-state index contributed by atoms with van der Waals surface area (Å²) in [5, 5.41) is 8.85. The van der Waals surface area contributed by atoms with E-state index in [0.29, 0.717) is 25.9 Å². The molecule has 1 fully saturated rings. The SMILES string of the molecule is NC(=O)c1cc(F)c(CC2CCN(C(=O)O)CC2)c(F)c1. The van der Waals surface area contributed by atoms with Gasteiger partial charge in [-0.15, -0.1) is 0 Å². The molecule has 1 aromatic carbocycles. The van der Waals surface area contributed by atoms with Crippen LogP contribution in [0, 0.1) is 17.6 Å². The summed E-state index contributed by atoms with van der Waals surface area (Å²) in [5.41, 5.74) is 4.72. The van der Waals surface area contributed by atoms with Crippen LogP contribution in [0.5, 0.6) is 0 Å². The van der Waals surface area contributed by atoms with Gasteiger partial charge < -0.3 is 15.7 Å². The minimum atomic E-state index is -0.975. The highest BCUT2D eigenvalue weighted by Gasteiger charge is 2.24. The molecule has 1 heterocycles. The van der Waals surface area contributed by atoms with Crippen molar-refractivity contribution in [3.63, 3.8) is 0 Å². The van der Waals surface area contributed by atoms with Gasteiger partial charge in [0.25, 0.3) is 0 Å². The van der Waals surface area contributed by atoms with E-state index in [1.807, 2.05) is 0 Å². The van der Waals surface area contributed by atoms with E-state index in [2.05, 4.69) is 0 Å². The number of hydrogen-bond donors (Lipinski definition) is 2. The van der Waals surface area contributed by atoms with Gasteiger partial charge in [-0.1, -0.05) is 0 Å². The number of halogens is 2. The van der Waals surface area contributed by atoms with Crippen LogP contribution in [-0.4, -0.2) is 35.1 Å². The molecule has 0 aromatic heterocycles. The summed E-state index contributed by atoms with van der Waals surface area (Å²) in [5.74, 6) is -2.44. The Morgan fingerprint density at radius 1 is 1.24 bits per heavy atom. The summed E-state index contributed by atoms with van der Waals surface area (Å²) in [7, 11) is 0. The molecule has 0 bridgehead atoms. The third-order valence-electron chi connectivity index (χ3n) is 3.80. The maximum absolute atomic E-state index is 13.9. The van der Waals surface area contributed by atoms with Crippen LogP contribution in [0.2, 0.25) is 0 Å². The molecule has 1 aliphatic rings. The van der Waals surface area contributed by atoms with Gasteiger partial charge in [0.15, 0.2) is 0 Å². The standard InChI is InChI=1S/C14H16F2N2O3/c15-11-6-9(13(17)19)7-12(16)10(11)5-8-1-3-18(4-2-8)14(20)21/h6-8H,1-5H2,(H2,17,19)(H,20,21). The fraction of sp³-hybridized carbons (Fsp3) is 0.429. The minimum Gasteiger partial charge on any atom is -0.465 e. The lowest BCUT2D eigenvalue weighted by Crippen LogP contribution is -2.38. The molecule has 0 aliphatic carbocycles. The van der Waals surface area contributed by atoms with Crippen LogP contribution < -0.4 is 5.73 Å². The van der Waals surface area contributed by atoms with Crippen molar-refractivity contribution in [3.05, 3.63) is 34.9 Å². The van der Waals surface area contributed by atoms with Crippen LogP contribution in [0.1, 0.15) is 28.8 Å². The lowest BCUT2D eigenvalue weighted by Gasteiger charge is -2.30. The number of piperidine rings is 1. The van der Waals surface area contributed by atoms with Crippen LogP contribution in [0.15, 0.2) is 12.1 Å². The Labute approximate surface area is 120 Å². The van der Waals surface area contributed by atoms with Gasteiger partial charge in [-0.3, -0.25) is 4.79 Å². The second-order valence-corrected chi connectivity index (χ2v) is 5.20. The van der Waals surface area contributed by atoms with Crippen molar-refractivity contribution < 1.29 is 23.5 Å². The summed E-state index contributed by atoms with van der Waals surface area (Å²) in [6, 6.07) is 1.88. The van der Waals surface area contributed by atoms with E-state index in [1.54, 1.807) is 0 Å². The Hall–Kier alpha value is -2.18. The average Bonchev–Trinajstić information content (AvgIpc) is 2.43. The second kappa shape index (κ2) is 6.07. The number of carbonyl (C=O) groups is 2. The molecule has 7 heteroatoms. The fourth-order valence-corrected chi connectivity index (χ4v) is 2.56. The number of primary amides is 1. The molecule has 3 N–H and O–H groups in total. The van der Waals surface area contributed by atoms with Crippen LogP contribution in [0.25, 0.3) is 0 Å². The van der Waals surface area contributed by atoms with E-state index in [9.17, 15) is 18.4 Å². The first kappa shape index (κ1) is 15.2. The van der Waals surface area contributed by atoms with E-state index in [4.69, 9.17) is 10.8 Å². The first-order chi connectivity index (χ1) is 9.88. The molecule has 21 heavy (non-hydrogen) atoms. The third-order valence-corrected chi connectivity index (χ3v) is 3.80. The predicted molar refractivity (Wildman–Crippen MR) is 70.9 cm³/mol. The number of nitrogens with zero attached hydrogens (tertiary/aromatic N) is 1. The molecule has 0 spiro atoms. The minimum absolute atomic E-state index is 0.0176. The van der Waals surface area contributed by atoms with Crippen molar-refractivity contribution in [1.82, 2.24) is 4.90 Å². The Morgan fingerprint density at radius 3 is 2.19 bits per heavy atom. The Balaban J connectivity index is 2.07. The summed E-state index contributed by atoms with van der Waals surface area (Å²) in [6.45, 7) is 0.727. The lowest BCUT2D eigenvalue weighted by molar-refractivity contribution is 0.0999. The van der Waals surface area contributed by atoms with Crippen LogP contribution in [-0.2, 0) is 6.42 Å². The summed E-state index contributed by atoms with van der Waals surface area (Å²) < 4.78 is 27.8. The molecule has 2 amide bonds. The predicted octanol–water partition coefficient (Wildman–Crippen LogP) is 2.00. The summed E-state index contributed by atoms with van der Waals surface area (Å²) in [6.07, 6.45) is 0.326. The molecule has 2 rings (SSSR count). The molecule has 1 aromatic rings. The van der Waals surface area contributed by atoms with Gasteiger partial charge in [-0.25, -0.2) is 13.6 Å². The van der Waals surface area contributed by atoms with Crippen molar-refractivity contribution >= 4 is 12.0 Å². The van der Waals surface area contributed by atoms with Gasteiger partial charge in [0.05, 0.1) is 0 Å². The molecule has 114 valence electrons. The van der Waals surface area contributed by atoms with Crippen LogP contribution in [0.4, 0.5) is 13.6 Å². The molecule has 5 nitrogen and oxygen atoms in total. The number of rotatable bonds is 3. The lowest BCUT2D eigenvalue weighted by atomic mass is 9.89. The number of carboxylic acid groups (broad SMARTS) is 1. The number of hydrogen-bond acceptors (Lipinski definition) is 2. The Kier molecular flexibility index (Phi) is 4.40. The zero-order valence-corrected chi connectivity index (χ0v) is 11.3. The van der Waals surface area contributed by atoms with E-state index in [-0.39, 0.29) is 23.5 Å². The third kappa shape index (κ3) is 3.48. The Morgan fingerprint density at radius 2 is 1.76 bits per heavy atom. The first-order valence-corrected chi connectivity index (χ1v) is 6.64. The van der Waals surface area contributed by atoms with Gasteiger partial charge >= 0.3 is 6.09 Å². The molecule has 0 unspecified atom stereocenters. The summed E-state index contributed by atoms with van der Waals surface area (Å²) in [4.78, 5) is 23.0. The van der Waals surface area contributed by atoms with E-state index in [1.165, 1.54) is 4.90 Å². The topological polar surface area (TPSA) is 83.6 Å². The maximum Gasteiger partial charge on any atom is 0.407 e. The molecular formula is C14H16F2N2O3. The maximum atomic E-state index is 13.9. The van der Waals surface area contributed by atoms with E-state index >= 15 is 0 Å². The highest BCUT2D eigenvalue weighted by molar-refractivity contribution is 5.92. The van der Waals surface area contributed by atoms with Crippen molar-refractivity contribution in [1.29, 1.82) is 0 Å². The zero-order chi connectivity index (χ0) is 15.6. The molecular weight excluding hydrogens is 282 g/mol. The monoisotopic (exact) mass is 298 g/mol. The van der Waals surface area contributed by atoms with Crippen molar-refractivity contribution in [2.45, 2.75) is 19.3 Å². The molecule has 0 atom stereocenters. The van der Waals surface area contributed by atoms with E-state index in [0.717, 1.165) is 12.1 Å². The molecule has 0 saturated carbocycles.